The molecule has 0 aliphatic rings. The van der Waals surface area contributed by atoms with Crippen LogP contribution in [0.3, 0.4) is 0 Å². The smallest absolute Gasteiger partial charge is 0.250 e. The quantitative estimate of drug-likeness (QED) is 0.881. The molecule has 1 unspecified atom stereocenters. The molecule has 118 valence electrons. The summed E-state index contributed by atoms with van der Waals surface area (Å²) in [5.41, 5.74) is 1.31. The molecular formula is C19H20N2O2. The van der Waals surface area contributed by atoms with Crippen LogP contribution in [-0.2, 0) is 0 Å². The van der Waals surface area contributed by atoms with Gasteiger partial charge in [0.05, 0.1) is 22.9 Å². The average molecular weight is 308 g/mol. The molecular weight excluding hydrogens is 288 g/mol. The standard InChI is InChI=1S/C19H20N2O2/c1-12(19(2,3)4)21-16-15(17(22)18(16)23)10-9-13-5-7-14(11-20)8-6-13/h5-10,12,21H,1-4H3. The Morgan fingerprint density at radius 2 is 1.70 bits per heavy atom. The molecule has 2 aromatic rings. The summed E-state index contributed by atoms with van der Waals surface area (Å²) < 4.78 is 0. The number of nitriles is 1. The highest BCUT2D eigenvalue weighted by Crippen LogP contribution is 2.23. The first-order valence-corrected chi connectivity index (χ1v) is 7.52. The zero-order valence-corrected chi connectivity index (χ0v) is 13.8. The molecule has 0 saturated carbocycles. The Balaban J connectivity index is 2.22. The monoisotopic (exact) mass is 308 g/mol. The third kappa shape index (κ3) is 3.57. The molecule has 0 aliphatic heterocycles. The van der Waals surface area contributed by atoms with Crippen molar-refractivity contribution >= 4 is 17.8 Å². The molecule has 0 aromatic heterocycles. The normalized spacial score (nSPS) is 13.2. The molecule has 0 radical (unpaired) electrons. The van der Waals surface area contributed by atoms with Crippen LogP contribution in [0, 0.1) is 16.7 Å². The van der Waals surface area contributed by atoms with Crippen LogP contribution < -0.4 is 16.2 Å². The Hall–Kier alpha value is -2.67. The molecule has 1 N–H and O–H groups in total. The highest BCUT2D eigenvalue weighted by molar-refractivity contribution is 5.79. The summed E-state index contributed by atoms with van der Waals surface area (Å²) in [4.78, 5) is 23.6. The Bertz CT molecular complexity index is 840. The maximum Gasteiger partial charge on any atom is 0.250 e. The van der Waals surface area contributed by atoms with Crippen molar-refractivity contribution in [3.8, 4) is 6.07 Å². The van der Waals surface area contributed by atoms with Crippen LogP contribution in [0.15, 0.2) is 33.9 Å². The van der Waals surface area contributed by atoms with E-state index in [-0.39, 0.29) is 11.5 Å². The minimum absolute atomic E-state index is 0.0200. The molecule has 0 aliphatic carbocycles. The summed E-state index contributed by atoms with van der Waals surface area (Å²) in [6.07, 6.45) is 3.42. The molecule has 4 nitrogen and oxygen atoms in total. The van der Waals surface area contributed by atoms with Crippen LogP contribution in [0.4, 0.5) is 5.69 Å². The van der Waals surface area contributed by atoms with E-state index in [1.807, 2.05) is 6.92 Å². The van der Waals surface area contributed by atoms with Gasteiger partial charge < -0.3 is 5.32 Å². The van der Waals surface area contributed by atoms with E-state index >= 15 is 0 Å². The van der Waals surface area contributed by atoms with Gasteiger partial charge in [-0.1, -0.05) is 39.0 Å². The molecule has 0 spiro atoms. The van der Waals surface area contributed by atoms with Gasteiger partial charge in [0.25, 0.3) is 0 Å². The Kier molecular flexibility index (Phi) is 4.51. The van der Waals surface area contributed by atoms with Gasteiger partial charge in [-0.3, -0.25) is 9.59 Å². The molecule has 0 amide bonds. The molecule has 23 heavy (non-hydrogen) atoms. The number of rotatable bonds is 4. The zero-order chi connectivity index (χ0) is 17.2. The molecule has 0 bridgehead atoms. The second-order valence-electron chi connectivity index (χ2n) is 6.75. The van der Waals surface area contributed by atoms with E-state index in [9.17, 15) is 9.59 Å². The Morgan fingerprint density at radius 1 is 1.09 bits per heavy atom. The molecule has 1 atom stereocenters. The summed E-state index contributed by atoms with van der Waals surface area (Å²) >= 11 is 0. The van der Waals surface area contributed by atoms with Gasteiger partial charge in [0.15, 0.2) is 0 Å². The highest BCUT2D eigenvalue weighted by atomic mass is 16.2. The molecule has 0 heterocycles. The van der Waals surface area contributed by atoms with Crippen LogP contribution >= 0.6 is 0 Å². The van der Waals surface area contributed by atoms with Crippen molar-refractivity contribution < 1.29 is 0 Å². The van der Waals surface area contributed by atoms with E-state index in [4.69, 9.17) is 5.26 Å². The fourth-order valence-electron chi connectivity index (χ4n) is 1.99. The lowest BCUT2D eigenvalue weighted by atomic mass is 9.87. The first kappa shape index (κ1) is 16.7. The molecule has 2 aromatic carbocycles. The molecule has 0 saturated heterocycles. The van der Waals surface area contributed by atoms with Crippen LogP contribution in [0.25, 0.3) is 12.2 Å². The lowest BCUT2D eigenvalue weighted by molar-refractivity contribution is 0.359. The topological polar surface area (TPSA) is 70.0 Å². The Labute approximate surface area is 135 Å². The number of nitrogens with zero attached hydrogens (tertiary/aromatic N) is 1. The van der Waals surface area contributed by atoms with Gasteiger partial charge in [-0.25, -0.2) is 0 Å². The summed E-state index contributed by atoms with van der Waals surface area (Å²) in [7, 11) is 0. The fourth-order valence-corrected chi connectivity index (χ4v) is 1.99. The van der Waals surface area contributed by atoms with Crippen molar-refractivity contribution in [3.63, 3.8) is 0 Å². The SMILES string of the molecule is CC(Nc1c(C=Cc2ccc(C#N)cc2)c(=O)c1=O)C(C)(C)C. The predicted octanol–water partition coefficient (Wildman–Crippen LogP) is 3.17. The molecule has 0 fully saturated rings. The van der Waals surface area contributed by atoms with Gasteiger partial charge in [0.2, 0.25) is 10.9 Å². The zero-order valence-electron chi connectivity index (χ0n) is 13.8. The maximum atomic E-state index is 11.8. The number of benzene rings is 1. The van der Waals surface area contributed by atoms with E-state index in [0.717, 1.165) is 5.56 Å². The number of hydrogen-bond acceptors (Lipinski definition) is 4. The Morgan fingerprint density at radius 3 is 2.22 bits per heavy atom. The molecule has 2 rings (SSSR count). The van der Waals surface area contributed by atoms with Crippen molar-refractivity contribution in [2.24, 2.45) is 5.41 Å². The van der Waals surface area contributed by atoms with Crippen molar-refractivity contribution in [2.45, 2.75) is 33.7 Å². The van der Waals surface area contributed by atoms with E-state index in [1.165, 1.54) is 0 Å². The first-order valence-electron chi connectivity index (χ1n) is 7.52. The lowest BCUT2D eigenvalue weighted by Gasteiger charge is -2.29. The number of anilines is 1. The lowest BCUT2D eigenvalue weighted by Crippen LogP contribution is -2.41. The second-order valence-corrected chi connectivity index (χ2v) is 6.75. The minimum atomic E-state index is -0.460. The van der Waals surface area contributed by atoms with Crippen LogP contribution in [0.5, 0.6) is 0 Å². The van der Waals surface area contributed by atoms with Crippen molar-refractivity contribution in [3.05, 3.63) is 61.4 Å². The largest absolute Gasteiger partial charge is 0.378 e. The first-order chi connectivity index (χ1) is 10.7. The van der Waals surface area contributed by atoms with E-state index in [1.54, 1.807) is 36.4 Å². The van der Waals surface area contributed by atoms with Gasteiger partial charge in [-0.2, -0.15) is 5.26 Å². The highest BCUT2D eigenvalue weighted by Gasteiger charge is 2.25. The third-order valence-corrected chi connectivity index (χ3v) is 4.09. The number of hydrogen-bond donors (Lipinski definition) is 1. The predicted molar refractivity (Wildman–Crippen MR) is 94.0 cm³/mol. The average Bonchev–Trinajstić information content (AvgIpc) is 2.52. The van der Waals surface area contributed by atoms with Gasteiger partial charge in [0.1, 0.15) is 0 Å². The van der Waals surface area contributed by atoms with E-state index < -0.39 is 10.9 Å². The van der Waals surface area contributed by atoms with Crippen molar-refractivity contribution in [1.29, 1.82) is 5.26 Å². The summed E-state index contributed by atoms with van der Waals surface area (Å²) in [6.45, 7) is 8.21. The van der Waals surface area contributed by atoms with Crippen LogP contribution in [-0.4, -0.2) is 6.04 Å². The van der Waals surface area contributed by atoms with Crippen LogP contribution in [0.1, 0.15) is 44.4 Å². The van der Waals surface area contributed by atoms with Gasteiger partial charge in [0, 0.05) is 6.04 Å². The van der Waals surface area contributed by atoms with E-state index in [0.29, 0.717) is 16.8 Å². The van der Waals surface area contributed by atoms with Gasteiger partial charge >= 0.3 is 0 Å². The minimum Gasteiger partial charge on any atom is -0.378 e. The van der Waals surface area contributed by atoms with Gasteiger partial charge in [-0.05, 0) is 36.1 Å². The molecule has 4 heteroatoms. The van der Waals surface area contributed by atoms with E-state index in [2.05, 4.69) is 32.2 Å². The maximum absolute atomic E-state index is 11.8. The van der Waals surface area contributed by atoms with Gasteiger partial charge in [-0.15, -0.1) is 0 Å². The summed E-state index contributed by atoms with van der Waals surface area (Å²) in [6, 6.07) is 9.13. The third-order valence-electron chi connectivity index (χ3n) is 4.09. The van der Waals surface area contributed by atoms with Crippen molar-refractivity contribution in [1.82, 2.24) is 0 Å². The summed E-state index contributed by atoms with van der Waals surface area (Å²) in [5, 5.41) is 11.9. The fraction of sp³-hybridized carbons (Fsp3) is 0.316. The van der Waals surface area contributed by atoms with Crippen molar-refractivity contribution in [2.75, 3.05) is 5.32 Å². The second kappa shape index (κ2) is 6.21. The van der Waals surface area contributed by atoms with Crippen LogP contribution in [0.2, 0.25) is 0 Å². The summed E-state index contributed by atoms with van der Waals surface area (Å²) in [5.74, 6) is 0. The number of nitrogens with one attached hydrogen (secondary N) is 1.